The van der Waals surface area contributed by atoms with Crippen LogP contribution in [0.25, 0.3) is 0 Å². The quantitative estimate of drug-likeness (QED) is 0.521. The third-order valence-electron chi connectivity index (χ3n) is 1.35. The van der Waals surface area contributed by atoms with E-state index in [4.69, 9.17) is 0 Å². The van der Waals surface area contributed by atoms with Gasteiger partial charge in [-0.25, -0.2) is 0 Å². The molecule has 1 heteroatoms. The van der Waals surface area contributed by atoms with Gasteiger partial charge in [0, 0.05) is 41.7 Å². The summed E-state index contributed by atoms with van der Waals surface area (Å²) in [6.07, 6.45) is 7.98. The molecule has 0 bridgehead atoms. The molecule has 0 atom stereocenters. The summed E-state index contributed by atoms with van der Waals surface area (Å²) in [6, 6.07) is 0. The first-order valence-electron chi connectivity index (χ1n) is 3.71. The van der Waals surface area contributed by atoms with E-state index in [2.05, 4.69) is 13.8 Å². The minimum Gasteiger partial charge on any atom is -0.343 e. The molecule has 0 saturated carbocycles. The third-order valence-corrected chi connectivity index (χ3v) is 1.35. The number of rotatable bonds is 5. The van der Waals surface area contributed by atoms with Gasteiger partial charge in [-0.1, -0.05) is 39.0 Å². The summed E-state index contributed by atoms with van der Waals surface area (Å²) in [6.45, 7) is 6.02. The first-order chi connectivity index (χ1) is 3.91. The van der Waals surface area contributed by atoms with Crippen molar-refractivity contribution in [3.05, 3.63) is 6.92 Å². The summed E-state index contributed by atoms with van der Waals surface area (Å²) in [5.41, 5.74) is 0. The molecule has 0 spiro atoms. The molecular formula is C8H17Ce-. The molecule has 0 radical (unpaired) electrons. The summed E-state index contributed by atoms with van der Waals surface area (Å²) >= 11 is 0. The van der Waals surface area contributed by atoms with Crippen LogP contribution in [0.15, 0.2) is 0 Å². The summed E-state index contributed by atoms with van der Waals surface area (Å²) in [5, 5.41) is 0. The van der Waals surface area contributed by atoms with Crippen molar-refractivity contribution in [3.8, 4) is 0 Å². The Hall–Kier alpha value is 1.38. The van der Waals surface area contributed by atoms with Gasteiger partial charge in [-0.05, 0) is 0 Å². The Morgan fingerprint density at radius 3 is 2.00 bits per heavy atom. The van der Waals surface area contributed by atoms with Gasteiger partial charge in [0.05, 0.1) is 0 Å². The van der Waals surface area contributed by atoms with Crippen molar-refractivity contribution in [2.24, 2.45) is 0 Å². The second-order valence-electron chi connectivity index (χ2n) is 2.27. The zero-order chi connectivity index (χ0) is 6.24. The van der Waals surface area contributed by atoms with Crippen molar-refractivity contribution >= 4 is 0 Å². The van der Waals surface area contributed by atoms with Gasteiger partial charge in [0.25, 0.3) is 0 Å². The Morgan fingerprint density at radius 1 is 1.00 bits per heavy atom. The van der Waals surface area contributed by atoms with Crippen LogP contribution in [0, 0.1) is 48.7 Å². The predicted molar refractivity (Wildman–Crippen MR) is 38.7 cm³/mol. The Morgan fingerprint density at radius 2 is 1.56 bits per heavy atom. The van der Waals surface area contributed by atoms with E-state index in [0.717, 1.165) is 6.42 Å². The third kappa shape index (κ3) is 12.5. The molecule has 54 valence electrons. The summed E-state index contributed by atoms with van der Waals surface area (Å²) in [5.74, 6) is 0. The standard InChI is InChI=1S/C8H17.Ce/c1-3-5-7-8-6-4-2;/h1,3-8H2,2H3;/q-1;. The van der Waals surface area contributed by atoms with Crippen molar-refractivity contribution in [1.82, 2.24) is 0 Å². The number of hydrogen-bond acceptors (Lipinski definition) is 0. The van der Waals surface area contributed by atoms with Crippen LogP contribution in [0.1, 0.15) is 45.4 Å². The minimum absolute atomic E-state index is 0. The van der Waals surface area contributed by atoms with E-state index in [1.807, 2.05) is 0 Å². The van der Waals surface area contributed by atoms with E-state index in [0.29, 0.717) is 0 Å². The fraction of sp³-hybridized carbons (Fsp3) is 0.875. The molecule has 0 aromatic rings. The normalized spacial score (nSPS) is 8.67. The SMILES string of the molecule is [CH2-]CCCCCCC.[Ce]. The van der Waals surface area contributed by atoms with Gasteiger partial charge < -0.3 is 6.92 Å². The molecule has 0 aromatic carbocycles. The van der Waals surface area contributed by atoms with Crippen molar-refractivity contribution in [3.63, 3.8) is 0 Å². The maximum atomic E-state index is 3.78. The summed E-state index contributed by atoms with van der Waals surface area (Å²) < 4.78 is 0. The maximum absolute atomic E-state index is 3.78. The minimum atomic E-state index is 0. The topological polar surface area (TPSA) is 0 Å². The maximum Gasteiger partial charge on any atom is 0 e. The van der Waals surface area contributed by atoms with E-state index in [9.17, 15) is 0 Å². The molecule has 0 aliphatic carbocycles. The Balaban J connectivity index is 0. The molecule has 9 heavy (non-hydrogen) atoms. The monoisotopic (exact) mass is 253 g/mol. The Kier molecular flexibility index (Phi) is 17.5. The summed E-state index contributed by atoms with van der Waals surface area (Å²) in [7, 11) is 0. The van der Waals surface area contributed by atoms with Gasteiger partial charge in [-0.15, -0.1) is 0 Å². The molecule has 0 heterocycles. The van der Waals surface area contributed by atoms with Crippen molar-refractivity contribution in [1.29, 1.82) is 0 Å². The zero-order valence-electron chi connectivity index (χ0n) is 6.45. The predicted octanol–water partition coefficient (Wildman–Crippen LogP) is 3.18. The fourth-order valence-electron chi connectivity index (χ4n) is 0.780. The van der Waals surface area contributed by atoms with E-state index < -0.39 is 0 Å². The van der Waals surface area contributed by atoms with Crippen LogP contribution in [0.5, 0.6) is 0 Å². The van der Waals surface area contributed by atoms with Crippen LogP contribution in [-0.2, 0) is 0 Å². The molecule has 0 aliphatic rings. The molecule has 0 N–H and O–H groups in total. The van der Waals surface area contributed by atoms with Crippen molar-refractivity contribution in [2.45, 2.75) is 45.4 Å². The molecule has 0 saturated heterocycles. The van der Waals surface area contributed by atoms with Gasteiger partial charge in [0.1, 0.15) is 0 Å². The fourth-order valence-corrected chi connectivity index (χ4v) is 0.780. The van der Waals surface area contributed by atoms with E-state index >= 15 is 0 Å². The number of hydrogen-bond donors (Lipinski definition) is 0. The smallest absolute Gasteiger partial charge is 0 e. The average Bonchev–Trinajstić information content (AvgIpc) is 1.81. The van der Waals surface area contributed by atoms with Crippen LogP contribution < -0.4 is 0 Å². The van der Waals surface area contributed by atoms with Crippen LogP contribution in [0.2, 0.25) is 0 Å². The van der Waals surface area contributed by atoms with Gasteiger partial charge in [-0.3, -0.25) is 0 Å². The molecule has 0 nitrogen and oxygen atoms in total. The Bertz CT molecular complexity index is 29.5. The molecule has 0 amide bonds. The second-order valence-corrected chi connectivity index (χ2v) is 2.27. The molecule has 0 aliphatic heterocycles. The van der Waals surface area contributed by atoms with E-state index in [1.165, 1.54) is 32.1 Å². The van der Waals surface area contributed by atoms with E-state index in [1.54, 1.807) is 0 Å². The van der Waals surface area contributed by atoms with Crippen LogP contribution in [0.3, 0.4) is 0 Å². The van der Waals surface area contributed by atoms with Crippen LogP contribution >= 0.6 is 0 Å². The molecular weight excluding hydrogens is 236 g/mol. The van der Waals surface area contributed by atoms with Crippen molar-refractivity contribution in [2.75, 3.05) is 0 Å². The first-order valence-corrected chi connectivity index (χ1v) is 3.71. The van der Waals surface area contributed by atoms with E-state index in [-0.39, 0.29) is 41.7 Å². The van der Waals surface area contributed by atoms with Crippen LogP contribution in [-0.4, -0.2) is 0 Å². The second kappa shape index (κ2) is 12.1. The molecule has 0 aromatic heterocycles. The van der Waals surface area contributed by atoms with Gasteiger partial charge in [0.2, 0.25) is 0 Å². The van der Waals surface area contributed by atoms with Crippen molar-refractivity contribution < 1.29 is 41.7 Å². The molecule has 0 unspecified atom stereocenters. The Labute approximate surface area is 93.2 Å². The molecule has 0 fully saturated rings. The van der Waals surface area contributed by atoms with Gasteiger partial charge >= 0.3 is 0 Å². The number of unbranched alkanes of at least 4 members (excludes halogenated alkanes) is 5. The largest absolute Gasteiger partial charge is 0.343 e. The first kappa shape index (κ1) is 13.0. The van der Waals surface area contributed by atoms with Crippen LogP contribution in [0.4, 0.5) is 0 Å². The van der Waals surface area contributed by atoms with Gasteiger partial charge in [-0.2, -0.15) is 6.42 Å². The summed E-state index contributed by atoms with van der Waals surface area (Å²) in [4.78, 5) is 0. The molecule has 0 rings (SSSR count). The zero-order valence-corrected chi connectivity index (χ0v) is 9.59. The van der Waals surface area contributed by atoms with Gasteiger partial charge in [0.15, 0.2) is 0 Å². The average molecular weight is 253 g/mol.